The molecule has 4 atom stereocenters. The molecule has 2 aliphatic carbocycles. The third kappa shape index (κ3) is 4.96. The Kier molecular flexibility index (Phi) is 5.41. The van der Waals surface area contributed by atoms with Crippen LogP contribution in [-0.4, -0.2) is 37.1 Å². The molecule has 2 aliphatic rings. The molecule has 124 valence electrons. The van der Waals surface area contributed by atoms with E-state index in [-0.39, 0.29) is 5.54 Å². The van der Waals surface area contributed by atoms with Gasteiger partial charge in [-0.1, -0.05) is 20.3 Å². The Labute approximate surface area is 133 Å². The first-order chi connectivity index (χ1) is 9.71. The fourth-order valence-corrected chi connectivity index (χ4v) is 4.49. The van der Waals surface area contributed by atoms with Crippen LogP contribution >= 0.6 is 0 Å². The van der Waals surface area contributed by atoms with Crippen molar-refractivity contribution in [2.45, 2.75) is 72.3 Å². The lowest BCUT2D eigenvalue weighted by Crippen LogP contribution is -2.47. The Morgan fingerprint density at radius 1 is 1.10 bits per heavy atom. The summed E-state index contributed by atoms with van der Waals surface area (Å²) in [5.74, 6) is 3.12. The standard InChI is InChI=1S/C19H38N2/c1-7-19(5,13-20-18(2,3)4)14-21(6)12-17-11-15-8-9-16(17)10-15/h15-17,20H,7-14H2,1-6H3. The van der Waals surface area contributed by atoms with Crippen molar-refractivity contribution in [1.29, 1.82) is 0 Å². The van der Waals surface area contributed by atoms with Crippen LogP contribution in [-0.2, 0) is 0 Å². The molecule has 0 radical (unpaired) electrons. The molecule has 2 heteroatoms. The summed E-state index contributed by atoms with van der Waals surface area (Å²) >= 11 is 0. The molecule has 0 aliphatic heterocycles. The lowest BCUT2D eigenvalue weighted by atomic mass is 9.84. The highest BCUT2D eigenvalue weighted by Crippen LogP contribution is 2.48. The Balaban J connectivity index is 1.80. The highest BCUT2D eigenvalue weighted by atomic mass is 15.1. The molecular weight excluding hydrogens is 256 g/mol. The lowest BCUT2D eigenvalue weighted by molar-refractivity contribution is 0.138. The van der Waals surface area contributed by atoms with Crippen LogP contribution in [0.2, 0.25) is 0 Å². The summed E-state index contributed by atoms with van der Waals surface area (Å²) in [6.45, 7) is 15.3. The van der Waals surface area contributed by atoms with E-state index in [1.807, 2.05) is 0 Å². The zero-order valence-corrected chi connectivity index (χ0v) is 15.3. The highest BCUT2D eigenvalue weighted by Gasteiger charge is 2.40. The summed E-state index contributed by atoms with van der Waals surface area (Å²) in [4.78, 5) is 2.62. The molecule has 21 heavy (non-hydrogen) atoms. The van der Waals surface area contributed by atoms with Crippen LogP contribution in [0.25, 0.3) is 0 Å². The van der Waals surface area contributed by atoms with Gasteiger partial charge in [-0.25, -0.2) is 0 Å². The molecule has 0 saturated heterocycles. The van der Waals surface area contributed by atoms with Gasteiger partial charge in [0, 0.05) is 25.2 Å². The lowest BCUT2D eigenvalue weighted by Gasteiger charge is -2.37. The summed E-state index contributed by atoms with van der Waals surface area (Å²) in [6, 6.07) is 0. The van der Waals surface area contributed by atoms with E-state index in [1.54, 1.807) is 0 Å². The van der Waals surface area contributed by atoms with E-state index in [4.69, 9.17) is 0 Å². The maximum atomic E-state index is 3.71. The van der Waals surface area contributed by atoms with Crippen molar-refractivity contribution in [1.82, 2.24) is 10.2 Å². The molecule has 2 fully saturated rings. The van der Waals surface area contributed by atoms with Gasteiger partial charge < -0.3 is 10.2 Å². The normalized spacial score (nSPS) is 31.9. The van der Waals surface area contributed by atoms with Gasteiger partial charge in [0.1, 0.15) is 0 Å². The summed E-state index contributed by atoms with van der Waals surface area (Å²) in [7, 11) is 2.34. The van der Waals surface area contributed by atoms with E-state index >= 15 is 0 Å². The number of hydrogen-bond donors (Lipinski definition) is 1. The molecule has 0 heterocycles. The third-order valence-corrected chi connectivity index (χ3v) is 5.98. The monoisotopic (exact) mass is 294 g/mol. The predicted molar refractivity (Wildman–Crippen MR) is 92.6 cm³/mol. The van der Waals surface area contributed by atoms with Crippen molar-refractivity contribution in [3.8, 4) is 0 Å². The van der Waals surface area contributed by atoms with E-state index in [0.717, 1.165) is 24.3 Å². The van der Waals surface area contributed by atoms with Gasteiger partial charge >= 0.3 is 0 Å². The molecule has 2 saturated carbocycles. The van der Waals surface area contributed by atoms with E-state index in [2.05, 4.69) is 51.9 Å². The third-order valence-electron chi connectivity index (χ3n) is 5.98. The van der Waals surface area contributed by atoms with Gasteiger partial charge in [0.25, 0.3) is 0 Å². The first-order valence-electron chi connectivity index (χ1n) is 9.14. The average Bonchev–Trinajstić information content (AvgIpc) is 2.97. The summed E-state index contributed by atoms with van der Waals surface area (Å²) in [5, 5.41) is 3.71. The molecule has 0 aromatic rings. The van der Waals surface area contributed by atoms with E-state index < -0.39 is 0 Å². The van der Waals surface area contributed by atoms with Crippen LogP contribution in [0.3, 0.4) is 0 Å². The second kappa shape index (κ2) is 6.58. The summed E-state index contributed by atoms with van der Waals surface area (Å²) in [5.41, 5.74) is 0.610. The minimum absolute atomic E-state index is 0.222. The van der Waals surface area contributed by atoms with Crippen LogP contribution in [0.15, 0.2) is 0 Å². The van der Waals surface area contributed by atoms with Gasteiger partial charge in [-0.15, -0.1) is 0 Å². The Morgan fingerprint density at radius 3 is 2.29 bits per heavy atom. The smallest absolute Gasteiger partial charge is 0.00967 e. The number of nitrogens with one attached hydrogen (secondary N) is 1. The van der Waals surface area contributed by atoms with Crippen molar-refractivity contribution in [3.63, 3.8) is 0 Å². The predicted octanol–water partition coefficient (Wildman–Crippen LogP) is 4.16. The minimum Gasteiger partial charge on any atom is -0.311 e. The second-order valence-electron chi connectivity index (χ2n) is 9.40. The van der Waals surface area contributed by atoms with Crippen molar-refractivity contribution in [2.75, 3.05) is 26.7 Å². The molecule has 0 aromatic carbocycles. The summed E-state index contributed by atoms with van der Waals surface area (Å²) < 4.78 is 0. The Morgan fingerprint density at radius 2 is 1.81 bits per heavy atom. The van der Waals surface area contributed by atoms with Crippen LogP contribution in [0, 0.1) is 23.2 Å². The SMILES string of the molecule is CCC(C)(CNC(C)(C)C)CN(C)CC1CC2CCC1C2. The van der Waals surface area contributed by atoms with Crippen LogP contribution in [0.1, 0.15) is 66.7 Å². The van der Waals surface area contributed by atoms with Crippen LogP contribution in [0.5, 0.6) is 0 Å². The Bertz CT molecular complexity index is 333. The highest BCUT2D eigenvalue weighted by molar-refractivity contribution is 4.92. The maximum Gasteiger partial charge on any atom is 0.00967 e. The number of nitrogens with zero attached hydrogens (tertiary/aromatic N) is 1. The Hall–Kier alpha value is -0.0800. The number of fused-ring (bicyclic) bond motifs is 2. The molecule has 2 bridgehead atoms. The zero-order valence-electron chi connectivity index (χ0n) is 15.3. The van der Waals surface area contributed by atoms with E-state index in [9.17, 15) is 0 Å². The molecule has 2 rings (SSSR count). The molecule has 2 nitrogen and oxygen atoms in total. The number of hydrogen-bond acceptors (Lipinski definition) is 2. The second-order valence-corrected chi connectivity index (χ2v) is 9.40. The van der Waals surface area contributed by atoms with Crippen LogP contribution < -0.4 is 5.32 Å². The van der Waals surface area contributed by atoms with Crippen molar-refractivity contribution < 1.29 is 0 Å². The van der Waals surface area contributed by atoms with Crippen molar-refractivity contribution in [2.24, 2.45) is 23.2 Å². The van der Waals surface area contributed by atoms with Gasteiger partial charge in [-0.05, 0) is 76.7 Å². The largest absolute Gasteiger partial charge is 0.311 e. The quantitative estimate of drug-likeness (QED) is 0.758. The topological polar surface area (TPSA) is 15.3 Å². The number of rotatable bonds is 7. The van der Waals surface area contributed by atoms with E-state index in [0.29, 0.717) is 5.41 Å². The minimum atomic E-state index is 0.222. The van der Waals surface area contributed by atoms with Gasteiger partial charge in [-0.3, -0.25) is 0 Å². The molecule has 0 amide bonds. The zero-order chi connectivity index (χ0) is 15.7. The van der Waals surface area contributed by atoms with Gasteiger partial charge in [0.05, 0.1) is 0 Å². The van der Waals surface area contributed by atoms with Gasteiger partial charge in [0.2, 0.25) is 0 Å². The molecule has 4 unspecified atom stereocenters. The van der Waals surface area contributed by atoms with E-state index in [1.165, 1.54) is 45.2 Å². The first-order valence-corrected chi connectivity index (χ1v) is 9.14. The average molecular weight is 295 g/mol. The fourth-order valence-electron chi connectivity index (χ4n) is 4.49. The molecular formula is C19H38N2. The van der Waals surface area contributed by atoms with Gasteiger partial charge in [-0.2, -0.15) is 0 Å². The van der Waals surface area contributed by atoms with Gasteiger partial charge in [0.15, 0.2) is 0 Å². The first kappa shape index (κ1) is 17.3. The molecule has 0 spiro atoms. The fraction of sp³-hybridized carbons (Fsp3) is 1.00. The van der Waals surface area contributed by atoms with Crippen molar-refractivity contribution >= 4 is 0 Å². The molecule has 0 aromatic heterocycles. The van der Waals surface area contributed by atoms with Crippen molar-refractivity contribution in [3.05, 3.63) is 0 Å². The molecule has 1 N–H and O–H groups in total. The van der Waals surface area contributed by atoms with Crippen LogP contribution in [0.4, 0.5) is 0 Å². The maximum absolute atomic E-state index is 3.71. The summed E-state index contributed by atoms with van der Waals surface area (Å²) in [6.07, 6.45) is 7.33.